The average molecular weight is 257 g/mol. The second kappa shape index (κ2) is 7.10. The maximum absolute atomic E-state index is 11.9. The molecule has 0 aromatic rings. The molecule has 0 aliphatic carbocycles. The number of nitrogens with two attached hydrogens (primary N) is 1. The van der Waals surface area contributed by atoms with Crippen molar-refractivity contribution in [2.24, 2.45) is 11.7 Å². The molecule has 0 fully saturated rings. The Morgan fingerprint density at radius 1 is 1.28 bits per heavy atom. The number of rotatable bonds is 6. The predicted molar refractivity (Wildman–Crippen MR) is 77.4 cm³/mol. The van der Waals surface area contributed by atoms with E-state index in [-0.39, 0.29) is 17.5 Å². The van der Waals surface area contributed by atoms with Gasteiger partial charge >= 0.3 is 0 Å². The first kappa shape index (κ1) is 17.4. The van der Waals surface area contributed by atoms with Gasteiger partial charge in [-0.15, -0.1) is 0 Å². The Hall–Kier alpha value is -0.610. The molecule has 0 rings (SSSR count). The summed E-state index contributed by atoms with van der Waals surface area (Å²) >= 11 is 0. The highest BCUT2D eigenvalue weighted by molar-refractivity contribution is 5.77. The second-order valence-electron chi connectivity index (χ2n) is 6.54. The molecular formula is C14H31N3O. The molecule has 0 aliphatic heterocycles. The molecule has 0 radical (unpaired) electrons. The van der Waals surface area contributed by atoms with Gasteiger partial charge in [0.15, 0.2) is 0 Å². The number of nitrogens with one attached hydrogen (secondary N) is 1. The first-order valence-electron chi connectivity index (χ1n) is 6.81. The maximum Gasteiger partial charge on any atom is 0.222 e. The van der Waals surface area contributed by atoms with Crippen LogP contribution in [0.4, 0.5) is 0 Å². The Balaban J connectivity index is 4.47. The minimum Gasteiger partial charge on any atom is -0.351 e. The fourth-order valence-corrected chi connectivity index (χ4v) is 1.88. The maximum atomic E-state index is 11.9. The van der Waals surface area contributed by atoms with Crippen molar-refractivity contribution in [3.63, 3.8) is 0 Å². The third-order valence-electron chi connectivity index (χ3n) is 3.39. The van der Waals surface area contributed by atoms with Crippen LogP contribution in [0.15, 0.2) is 0 Å². The number of hydrogen-bond acceptors (Lipinski definition) is 3. The Kier molecular flexibility index (Phi) is 6.86. The number of likely N-dealkylation sites (N-methyl/N-ethyl adjacent to an activating group) is 1. The molecule has 18 heavy (non-hydrogen) atoms. The number of carbonyl (C=O) groups is 1. The minimum atomic E-state index is -0.182. The molecular weight excluding hydrogens is 226 g/mol. The minimum absolute atomic E-state index is 0.0701. The first-order valence-corrected chi connectivity index (χ1v) is 6.81. The molecule has 0 aliphatic rings. The van der Waals surface area contributed by atoms with Crippen LogP contribution in [0.5, 0.6) is 0 Å². The lowest BCUT2D eigenvalue weighted by Crippen LogP contribution is -2.49. The van der Waals surface area contributed by atoms with Crippen molar-refractivity contribution >= 4 is 5.91 Å². The highest BCUT2D eigenvalue weighted by atomic mass is 16.1. The molecule has 4 heteroatoms. The first-order chi connectivity index (χ1) is 8.08. The van der Waals surface area contributed by atoms with Crippen LogP contribution in [-0.2, 0) is 4.79 Å². The summed E-state index contributed by atoms with van der Waals surface area (Å²) in [5.74, 6) is 0.621. The molecule has 0 saturated heterocycles. The molecule has 0 bridgehead atoms. The number of carbonyl (C=O) groups excluding carboxylic acids is 1. The van der Waals surface area contributed by atoms with Gasteiger partial charge in [-0.1, -0.05) is 13.8 Å². The van der Waals surface area contributed by atoms with Gasteiger partial charge in [-0.3, -0.25) is 9.69 Å². The zero-order valence-electron chi connectivity index (χ0n) is 13.1. The van der Waals surface area contributed by atoms with Crippen LogP contribution in [0.1, 0.15) is 48.0 Å². The highest BCUT2D eigenvalue weighted by Crippen LogP contribution is 2.13. The van der Waals surface area contributed by atoms with Crippen molar-refractivity contribution in [2.45, 2.75) is 65.6 Å². The molecule has 2 unspecified atom stereocenters. The van der Waals surface area contributed by atoms with Gasteiger partial charge in [0.25, 0.3) is 0 Å². The van der Waals surface area contributed by atoms with Crippen LogP contribution in [0.2, 0.25) is 0 Å². The molecule has 0 aromatic heterocycles. The van der Waals surface area contributed by atoms with Crippen molar-refractivity contribution in [1.82, 2.24) is 10.2 Å². The van der Waals surface area contributed by atoms with E-state index >= 15 is 0 Å². The summed E-state index contributed by atoms with van der Waals surface area (Å²) in [6.45, 7) is 13.0. The molecule has 2 atom stereocenters. The summed E-state index contributed by atoms with van der Waals surface area (Å²) in [5.41, 5.74) is 5.62. The van der Waals surface area contributed by atoms with E-state index < -0.39 is 0 Å². The van der Waals surface area contributed by atoms with Gasteiger partial charge in [-0.05, 0) is 40.7 Å². The molecule has 0 aromatic carbocycles. The van der Waals surface area contributed by atoms with E-state index in [0.717, 1.165) is 0 Å². The standard InChI is InChI=1S/C14H31N3O/c1-10(2)11(3)17(7)12(9-15)8-13(18)16-14(4,5)6/h10-12H,8-9,15H2,1-7H3,(H,16,18). The van der Waals surface area contributed by atoms with Crippen LogP contribution in [-0.4, -0.2) is 42.0 Å². The lowest BCUT2D eigenvalue weighted by atomic mass is 10.0. The van der Waals surface area contributed by atoms with E-state index in [9.17, 15) is 4.79 Å². The normalized spacial score (nSPS) is 15.9. The summed E-state index contributed by atoms with van der Waals surface area (Å²) < 4.78 is 0. The fourth-order valence-electron chi connectivity index (χ4n) is 1.88. The van der Waals surface area contributed by atoms with Gasteiger partial charge < -0.3 is 11.1 Å². The number of hydrogen-bond donors (Lipinski definition) is 2. The smallest absolute Gasteiger partial charge is 0.222 e. The zero-order valence-corrected chi connectivity index (χ0v) is 13.1. The summed E-state index contributed by atoms with van der Waals surface area (Å²) in [6.07, 6.45) is 0.460. The van der Waals surface area contributed by atoms with Crippen molar-refractivity contribution in [3.8, 4) is 0 Å². The van der Waals surface area contributed by atoms with Crippen molar-refractivity contribution in [2.75, 3.05) is 13.6 Å². The summed E-state index contributed by atoms with van der Waals surface area (Å²) in [5, 5.41) is 2.99. The third kappa shape index (κ3) is 6.36. The van der Waals surface area contributed by atoms with Crippen LogP contribution >= 0.6 is 0 Å². The van der Waals surface area contributed by atoms with Crippen LogP contribution in [0.3, 0.4) is 0 Å². The fraction of sp³-hybridized carbons (Fsp3) is 0.929. The van der Waals surface area contributed by atoms with E-state index in [4.69, 9.17) is 5.73 Å². The summed E-state index contributed by atoms with van der Waals surface area (Å²) in [6, 6.07) is 0.519. The SMILES string of the molecule is CC(C)C(C)N(C)C(CN)CC(=O)NC(C)(C)C. The van der Waals surface area contributed by atoms with E-state index in [0.29, 0.717) is 24.9 Å². The topological polar surface area (TPSA) is 58.4 Å². The van der Waals surface area contributed by atoms with Crippen LogP contribution in [0.25, 0.3) is 0 Å². The molecule has 108 valence electrons. The predicted octanol–water partition coefficient (Wildman–Crippen LogP) is 1.59. The quantitative estimate of drug-likeness (QED) is 0.760. The van der Waals surface area contributed by atoms with Crippen molar-refractivity contribution < 1.29 is 4.79 Å². The van der Waals surface area contributed by atoms with E-state index in [1.165, 1.54) is 0 Å². The summed E-state index contributed by atoms with van der Waals surface area (Å²) in [4.78, 5) is 14.1. The second-order valence-corrected chi connectivity index (χ2v) is 6.54. The van der Waals surface area contributed by atoms with E-state index in [1.807, 2.05) is 27.8 Å². The molecule has 1 amide bonds. The van der Waals surface area contributed by atoms with E-state index in [1.54, 1.807) is 0 Å². The highest BCUT2D eigenvalue weighted by Gasteiger charge is 2.24. The molecule has 3 N–H and O–H groups in total. The Labute approximate surface area is 112 Å². The average Bonchev–Trinajstić information content (AvgIpc) is 2.21. The largest absolute Gasteiger partial charge is 0.351 e. The van der Waals surface area contributed by atoms with Gasteiger partial charge in [0.2, 0.25) is 5.91 Å². The Morgan fingerprint density at radius 2 is 1.78 bits per heavy atom. The lowest BCUT2D eigenvalue weighted by Gasteiger charge is -2.35. The molecule has 0 heterocycles. The van der Waals surface area contributed by atoms with Crippen LogP contribution < -0.4 is 11.1 Å². The molecule has 0 saturated carbocycles. The lowest BCUT2D eigenvalue weighted by molar-refractivity contribution is -0.123. The monoisotopic (exact) mass is 257 g/mol. The Morgan fingerprint density at radius 3 is 2.11 bits per heavy atom. The molecule has 0 spiro atoms. The van der Waals surface area contributed by atoms with E-state index in [2.05, 4.69) is 31.0 Å². The van der Waals surface area contributed by atoms with Gasteiger partial charge in [-0.2, -0.15) is 0 Å². The number of amides is 1. The van der Waals surface area contributed by atoms with Gasteiger partial charge in [0, 0.05) is 30.6 Å². The van der Waals surface area contributed by atoms with Gasteiger partial charge in [-0.25, -0.2) is 0 Å². The van der Waals surface area contributed by atoms with Crippen molar-refractivity contribution in [3.05, 3.63) is 0 Å². The number of nitrogens with zero attached hydrogens (tertiary/aromatic N) is 1. The molecule has 4 nitrogen and oxygen atoms in total. The zero-order chi connectivity index (χ0) is 14.5. The van der Waals surface area contributed by atoms with Crippen molar-refractivity contribution in [1.29, 1.82) is 0 Å². The Bertz CT molecular complexity index is 258. The van der Waals surface area contributed by atoms with Crippen LogP contribution in [0, 0.1) is 5.92 Å². The summed E-state index contributed by atoms with van der Waals surface area (Å²) in [7, 11) is 2.05. The van der Waals surface area contributed by atoms with Gasteiger partial charge in [0.1, 0.15) is 0 Å². The third-order valence-corrected chi connectivity index (χ3v) is 3.39. The van der Waals surface area contributed by atoms with Gasteiger partial charge in [0.05, 0.1) is 0 Å².